The van der Waals surface area contributed by atoms with Gasteiger partial charge in [0.25, 0.3) is 5.69 Å². The van der Waals surface area contributed by atoms with Crippen molar-refractivity contribution in [3.63, 3.8) is 0 Å². The number of nitrogens with zero attached hydrogens (tertiary/aromatic N) is 1. The second-order valence-corrected chi connectivity index (χ2v) is 9.28. The van der Waals surface area contributed by atoms with E-state index in [-0.39, 0.29) is 15.1 Å². The van der Waals surface area contributed by atoms with Gasteiger partial charge in [0.15, 0.2) is 4.34 Å². The van der Waals surface area contributed by atoms with Gasteiger partial charge in [0, 0.05) is 17.5 Å². The molecule has 0 aliphatic heterocycles. The number of sulfonamides is 1. The Labute approximate surface area is 138 Å². The summed E-state index contributed by atoms with van der Waals surface area (Å²) in [5, 5.41) is 10.7. The quantitative estimate of drug-likeness (QED) is 0.606. The van der Waals surface area contributed by atoms with Gasteiger partial charge < -0.3 is 0 Å². The Hall–Kier alpha value is -0.710. The standard InChI is InChI=1S/C10H8Cl2N2O4S3/c11-8-2-1-6(19-8)3-4-13-21(17,18)9-5-7(14(15)16)10(12)20-9/h1-2,5,13H,3-4H2. The fourth-order valence-corrected chi connectivity index (χ4v) is 5.29. The Morgan fingerprint density at radius 2 is 2.00 bits per heavy atom. The number of nitro groups is 1. The molecule has 6 nitrogen and oxygen atoms in total. The Bertz CT molecular complexity index is 769. The maximum Gasteiger partial charge on any atom is 0.300 e. The molecule has 2 aromatic rings. The highest BCUT2D eigenvalue weighted by molar-refractivity contribution is 7.91. The van der Waals surface area contributed by atoms with Gasteiger partial charge in [-0.25, -0.2) is 13.1 Å². The van der Waals surface area contributed by atoms with Crippen molar-refractivity contribution in [3.8, 4) is 0 Å². The monoisotopic (exact) mass is 386 g/mol. The van der Waals surface area contributed by atoms with Crippen molar-refractivity contribution >= 4 is 61.6 Å². The molecule has 0 saturated carbocycles. The molecule has 0 amide bonds. The number of nitrogens with one attached hydrogen (secondary N) is 1. The number of rotatable bonds is 6. The normalized spacial score (nSPS) is 11.7. The van der Waals surface area contributed by atoms with E-state index in [1.807, 2.05) is 6.07 Å². The minimum Gasteiger partial charge on any atom is -0.258 e. The molecule has 0 saturated heterocycles. The third-order valence-electron chi connectivity index (χ3n) is 2.40. The maximum absolute atomic E-state index is 12.0. The first-order chi connectivity index (χ1) is 9.79. The van der Waals surface area contributed by atoms with Crippen molar-refractivity contribution in [2.24, 2.45) is 0 Å². The second-order valence-electron chi connectivity index (χ2n) is 3.84. The zero-order valence-corrected chi connectivity index (χ0v) is 14.2. The number of hydrogen-bond donors (Lipinski definition) is 1. The summed E-state index contributed by atoms with van der Waals surface area (Å²) in [6.45, 7) is 0.169. The molecule has 0 atom stereocenters. The SMILES string of the molecule is O=[N+]([O-])c1cc(S(=O)(=O)NCCc2ccc(Cl)s2)sc1Cl. The van der Waals surface area contributed by atoms with Gasteiger partial charge in [0.2, 0.25) is 10.0 Å². The van der Waals surface area contributed by atoms with Crippen LogP contribution in [0, 0.1) is 10.1 Å². The average Bonchev–Trinajstić information content (AvgIpc) is 2.96. The zero-order chi connectivity index (χ0) is 15.6. The topological polar surface area (TPSA) is 89.3 Å². The van der Waals surface area contributed by atoms with E-state index in [0.717, 1.165) is 10.9 Å². The molecule has 2 heterocycles. The van der Waals surface area contributed by atoms with Crippen LogP contribution in [0.5, 0.6) is 0 Å². The fraction of sp³-hybridized carbons (Fsp3) is 0.200. The van der Waals surface area contributed by atoms with E-state index in [4.69, 9.17) is 23.2 Å². The van der Waals surface area contributed by atoms with E-state index in [1.54, 1.807) is 6.07 Å². The molecule has 0 radical (unpaired) electrons. The zero-order valence-electron chi connectivity index (χ0n) is 10.2. The average molecular weight is 387 g/mol. The first-order valence-corrected chi connectivity index (χ1v) is 9.34. The number of halogens is 2. The predicted octanol–water partition coefficient (Wildman–Crippen LogP) is 3.55. The Morgan fingerprint density at radius 3 is 2.52 bits per heavy atom. The molecule has 0 unspecified atom stereocenters. The molecule has 0 bridgehead atoms. The van der Waals surface area contributed by atoms with Crippen LogP contribution in [0.4, 0.5) is 5.69 Å². The third-order valence-corrected chi connectivity index (χ3v) is 6.96. The van der Waals surface area contributed by atoms with Crippen LogP contribution >= 0.6 is 45.9 Å². The van der Waals surface area contributed by atoms with Crippen LogP contribution in [-0.2, 0) is 16.4 Å². The van der Waals surface area contributed by atoms with E-state index < -0.39 is 20.6 Å². The summed E-state index contributed by atoms with van der Waals surface area (Å²) >= 11 is 13.5. The molecular weight excluding hydrogens is 379 g/mol. The Kier molecular flexibility index (Phi) is 5.23. The van der Waals surface area contributed by atoms with Gasteiger partial charge >= 0.3 is 0 Å². The highest BCUT2D eigenvalue weighted by Crippen LogP contribution is 2.36. The van der Waals surface area contributed by atoms with Crippen molar-refractivity contribution in [2.75, 3.05) is 6.54 Å². The number of thiophene rings is 2. The van der Waals surface area contributed by atoms with Crippen molar-refractivity contribution in [1.29, 1.82) is 0 Å². The summed E-state index contributed by atoms with van der Waals surface area (Å²) in [6.07, 6.45) is 0.484. The highest BCUT2D eigenvalue weighted by Gasteiger charge is 2.24. The van der Waals surface area contributed by atoms with Crippen LogP contribution in [0.3, 0.4) is 0 Å². The lowest BCUT2D eigenvalue weighted by Crippen LogP contribution is -2.25. The minimum atomic E-state index is -3.81. The molecular formula is C10H8Cl2N2O4S3. The molecule has 21 heavy (non-hydrogen) atoms. The molecule has 0 aromatic carbocycles. The smallest absolute Gasteiger partial charge is 0.258 e. The lowest BCUT2D eigenvalue weighted by Gasteiger charge is -2.02. The third kappa shape index (κ3) is 4.15. The van der Waals surface area contributed by atoms with E-state index in [1.165, 1.54) is 11.3 Å². The molecule has 0 fully saturated rings. The molecule has 2 rings (SSSR count). The largest absolute Gasteiger partial charge is 0.300 e. The lowest BCUT2D eigenvalue weighted by atomic mass is 10.3. The lowest BCUT2D eigenvalue weighted by molar-refractivity contribution is -0.384. The summed E-state index contributed by atoms with van der Waals surface area (Å²) < 4.78 is 26.7. The second kappa shape index (κ2) is 6.59. The van der Waals surface area contributed by atoms with E-state index in [9.17, 15) is 18.5 Å². The minimum absolute atomic E-state index is 0.162. The molecule has 11 heteroatoms. The maximum atomic E-state index is 12.0. The van der Waals surface area contributed by atoms with Crippen LogP contribution in [0.1, 0.15) is 4.88 Å². The first-order valence-electron chi connectivity index (χ1n) is 5.47. The van der Waals surface area contributed by atoms with Crippen LogP contribution in [0.25, 0.3) is 0 Å². The van der Waals surface area contributed by atoms with Gasteiger partial charge in [-0.3, -0.25) is 10.1 Å². The Morgan fingerprint density at radius 1 is 1.29 bits per heavy atom. The van der Waals surface area contributed by atoms with Gasteiger partial charge in [0.1, 0.15) is 4.21 Å². The van der Waals surface area contributed by atoms with Crippen LogP contribution in [-0.4, -0.2) is 19.9 Å². The summed E-state index contributed by atoms with van der Waals surface area (Å²) in [7, 11) is -3.81. The van der Waals surface area contributed by atoms with Crippen molar-refractivity contribution in [2.45, 2.75) is 10.6 Å². The van der Waals surface area contributed by atoms with Crippen molar-refractivity contribution in [1.82, 2.24) is 4.72 Å². The van der Waals surface area contributed by atoms with Gasteiger partial charge in [-0.1, -0.05) is 23.2 Å². The first kappa shape index (κ1) is 16.7. The summed E-state index contributed by atoms with van der Waals surface area (Å²) in [4.78, 5) is 10.9. The molecule has 114 valence electrons. The van der Waals surface area contributed by atoms with Crippen molar-refractivity contribution in [3.05, 3.63) is 41.9 Å². The fourth-order valence-electron chi connectivity index (χ4n) is 1.46. The number of hydrogen-bond acceptors (Lipinski definition) is 6. The molecule has 0 spiro atoms. The molecule has 0 aliphatic carbocycles. The van der Waals surface area contributed by atoms with Crippen LogP contribution in [0.2, 0.25) is 8.67 Å². The summed E-state index contributed by atoms with van der Waals surface area (Å²) in [6, 6.07) is 4.50. The van der Waals surface area contributed by atoms with Gasteiger partial charge in [-0.2, -0.15) is 0 Å². The van der Waals surface area contributed by atoms with Gasteiger partial charge in [-0.05, 0) is 18.6 Å². The predicted molar refractivity (Wildman–Crippen MR) is 84.2 cm³/mol. The van der Waals surface area contributed by atoms with Crippen LogP contribution < -0.4 is 4.72 Å². The van der Waals surface area contributed by atoms with E-state index in [2.05, 4.69) is 4.72 Å². The van der Waals surface area contributed by atoms with E-state index in [0.29, 0.717) is 22.1 Å². The van der Waals surface area contributed by atoms with Crippen molar-refractivity contribution < 1.29 is 13.3 Å². The molecule has 0 aliphatic rings. The van der Waals surface area contributed by atoms with Crippen LogP contribution in [0.15, 0.2) is 22.4 Å². The highest BCUT2D eigenvalue weighted by atomic mass is 35.5. The Balaban J connectivity index is 2.04. The van der Waals surface area contributed by atoms with E-state index >= 15 is 0 Å². The molecule has 1 N–H and O–H groups in total. The molecule has 2 aromatic heterocycles. The summed E-state index contributed by atoms with van der Waals surface area (Å²) in [5.74, 6) is 0. The summed E-state index contributed by atoms with van der Waals surface area (Å²) in [5.41, 5.74) is -0.410. The van der Waals surface area contributed by atoms with Gasteiger partial charge in [-0.15, -0.1) is 22.7 Å². The van der Waals surface area contributed by atoms with Gasteiger partial charge in [0.05, 0.1) is 9.26 Å².